The number of benzene rings is 2. The molecule has 0 spiro atoms. The molecule has 19 heavy (non-hydrogen) atoms. The Labute approximate surface area is 111 Å². The van der Waals surface area contributed by atoms with Crippen LogP contribution in [0.5, 0.6) is 0 Å². The van der Waals surface area contributed by atoms with Crippen LogP contribution in [0.15, 0.2) is 30.3 Å². The Kier molecular flexibility index (Phi) is 4.02. The molecule has 2 aromatic carbocycles. The van der Waals surface area contributed by atoms with Gasteiger partial charge in [-0.05, 0) is 5.30 Å². The lowest BCUT2D eigenvalue weighted by Gasteiger charge is -2.10. The Balaban J connectivity index is 2.67. The van der Waals surface area contributed by atoms with E-state index in [0.717, 1.165) is 0 Å². The van der Waals surface area contributed by atoms with Crippen LogP contribution in [-0.4, -0.2) is 0 Å². The zero-order valence-corrected chi connectivity index (χ0v) is 11.0. The molecule has 0 aliphatic heterocycles. The molecule has 0 saturated heterocycles. The molecule has 1 unspecified atom stereocenters. The molecule has 0 aliphatic rings. The van der Waals surface area contributed by atoms with Gasteiger partial charge in [0.25, 0.3) is 0 Å². The van der Waals surface area contributed by atoms with Crippen molar-refractivity contribution in [3.63, 3.8) is 0 Å². The number of hydrogen-bond donors (Lipinski definition) is 0. The molecule has 0 radical (unpaired) electrons. The second-order valence-corrected chi connectivity index (χ2v) is 6.60. The molecular weight excluding hydrogens is 302 g/mol. The van der Waals surface area contributed by atoms with Crippen LogP contribution in [0, 0.1) is 29.1 Å². The van der Waals surface area contributed by atoms with Crippen molar-refractivity contribution in [1.29, 1.82) is 0 Å². The third-order valence-electron chi connectivity index (χ3n) is 2.47. The highest BCUT2D eigenvalue weighted by Crippen LogP contribution is 2.27. The zero-order chi connectivity index (χ0) is 14.2. The lowest BCUT2D eigenvalue weighted by molar-refractivity contribution is 0.384. The first-order valence-electron chi connectivity index (χ1n) is 5.06. The molecule has 7 heteroatoms. The van der Waals surface area contributed by atoms with Crippen LogP contribution in [0.3, 0.4) is 0 Å². The SMILES string of the molecule is Fc1c(F)c(F)c([PH](=S)c2ccccc2)c(F)c1F. The highest BCUT2D eigenvalue weighted by atomic mass is 32.4. The smallest absolute Gasteiger partial charge is 0.200 e. The topological polar surface area (TPSA) is 0 Å². The third-order valence-corrected chi connectivity index (χ3v) is 5.54. The van der Waals surface area contributed by atoms with E-state index in [1.165, 1.54) is 12.1 Å². The first kappa shape index (κ1) is 14.2. The van der Waals surface area contributed by atoms with Gasteiger partial charge in [0.15, 0.2) is 23.3 Å². The maximum atomic E-state index is 13.6. The van der Waals surface area contributed by atoms with Gasteiger partial charge >= 0.3 is 0 Å². The van der Waals surface area contributed by atoms with Gasteiger partial charge in [-0.1, -0.05) is 42.1 Å². The summed E-state index contributed by atoms with van der Waals surface area (Å²) in [5.74, 6) is -9.78. The van der Waals surface area contributed by atoms with E-state index in [1.807, 2.05) is 0 Å². The van der Waals surface area contributed by atoms with Crippen molar-refractivity contribution in [3.05, 3.63) is 59.4 Å². The predicted octanol–water partition coefficient (Wildman–Crippen LogP) is 3.01. The van der Waals surface area contributed by atoms with Crippen LogP contribution in [0.2, 0.25) is 0 Å². The van der Waals surface area contributed by atoms with Gasteiger partial charge in [0.05, 0.1) is 5.30 Å². The molecule has 0 bridgehead atoms. The molecule has 0 amide bonds. The lowest BCUT2D eigenvalue weighted by Crippen LogP contribution is -2.20. The fraction of sp³-hybridized carbons (Fsp3) is 0. The second kappa shape index (κ2) is 5.39. The maximum Gasteiger partial charge on any atom is 0.200 e. The van der Waals surface area contributed by atoms with Crippen molar-refractivity contribution >= 4 is 29.1 Å². The first-order chi connectivity index (χ1) is 8.95. The lowest BCUT2D eigenvalue weighted by atomic mass is 10.3. The summed E-state index contributed by atoms with van der Waals surface area (Å²) >= 11 is 4.97. The highest BCUT2D eigenvalue weighted by molar-refractivity contribution is 8.12. The monoisotopic (exact) mass is 308 g/mol. The molecule has 1 atom stereocenters. The van der Waals surface area contributed by atoms with E-state index in [2.05, 4.69) is 0 Å². The number of hydrogen-bond acceptors (Lipinski definition) is 1. The molecular formula is C12H6F5PS. The molecule has 100 valence electrons. The summed E-state index contributed by atoms with van der Waals surface area (Å²) in [6.45, 7) is -2.48. The predicted molar refractivity (Wildman–Crippen MR) is 67.6 cm³/mol. The van der Waals surface area contributed by atoms with E-state index in [9.17, 15) is 22.0 Å². The fourth-order valence-electron chi connectivity index (χ4n) is 1.54. The van der Waals surface area contributed by atoms with Gasteiger partial charge in [0.2, 0.25) is 5.82 Å². The van der Waals surface area contributed by atoms with Crippen molar-refractivity contribution in [3.8, 4) is 0 Å². The molecule has 0 heterocycles. The molecule has 0 nitrogen and oxygen atoms in total. The van der Waals surface area contributed by atoms with Crippen LogP contribution in [0.1, 0.15) is 0 Å². The van der Waals surface area contributed by atoms with Crippen LogP contribution in [-0.2, 0) is 11.8 Å². The van der Waals surface area contributed by atoms with Gasteiger partial charge in [0.1, 0.15) is 0 Å². The zero-order valence-electron chi connectivity index (χ0n) is 9.18. The largest absolute Gasteiger partial charge is 0.203 e. The molecule has 0 aromatic heterocycles. The van der Waals surface area contributed by atoms with E-state index >= 15 is 0 Å². The average Bonchev–Trinajstić information content (AvgIpc) is 2.44. The normalized spacial score (nSPS) is 12.5. The Morgan fingerprint density at radius 1 is 0.684 bits per heavy atom. The first-order valence-corrected chi connectivity index (χ1v) is 7.69. The van der Waals surface area contributed by atoms with Crippen molar-refractivity contribution in [2.24, 2.45) is 0 Å². The van der Waals surface area contributed by atoms with Crippen LogP contribution in [0.25, 0.3) is 0 Å². The summed E-state index contributed by atoms with van der Waals surface area (Å²) in [7, 11) is 0. The second-order valence-electron chi connectivity index (χ2n) is 3.64. The van der Waals surface area contributed by atoms with Crippen molar-refractivity contribution in [2.45, 2.75) is 0 Å². The summed E-state index contributed by atoms with van der Waals surface area (Å²) in [6.07, 6.45) is 0. The van der Waals surface area contributed by atoms with E-state index < -0.39 is 41.1 Å². The number of rotatable bonds is 2. The molecule has 2 rings (SSSR count). The summed E-state index contributed by atoms with van der Waals surface area (Å²) in [6, 6.07) is 7.82. The van der Waals surface area contributed by atoms with Gasteiger partial charge in [-0.15, -0.1) is 0 Å². The summed E-state index contributed by atoms with van der Waals surface area (Å²) in [4.78, 5) is 0. The average molecular weight is 308 g/mol. The van der Waals surface area contributed by atoms with Crippen LogP contribution >= 0.6 is 6.70 Å². The minimum atomic E-state index is -2.48. The quantitative estimate of drug-likeness (QED) is 0.356. The number of halogens is 5. The molecule has 0 saturated carbocycles. The molecule has 0 fully saturated rings. The van der Waals surface area contributed by atoms with Crippen molar-refractivity contribution in [1.82, 2.24) is 0 Å². The Morgan fingerprint density at radius 2 is 1.11 bits per heavy atom. The third kappa shape index (κ3) is 2.42. The van der Waals surface area contributed by atoms with Crippen molar-refractivity contribution in [2.75, 3.05) is 0 Å². The summed E-state index contributed by atoms with van der Waals surface area (Å²) in [5, 5.41) is -0.520. The van der Waals surface area contributed by atoms with Gasteiger partial charge in [-0.25, -0.2) is 22.0 Å². The summed E-state index contributed by atoms with van der Waals surface area (Å²) in [5.41, 5.74) is 0. The highest BCUT2D eigenvalue weighted by Gasteiger charge is 2.27. The minimum Gasteiger partial charge on any atom is -0.203 e. The van der Waals surface area contributed by atoms with Crippen LogP contribution in [0.4, 0.5) is 22.0 Å². The van der Waals surface area contributed by atoms with Gasteiger partial charge in [-0.2, -0.15) is 0 Å². The van der Waals surface area contributed by atoms with Gasteiger partial charge in [0, 0.05) is 6.70 Å². The van der Waals surface area contributed by atoms with Crippen molar-refractivity contribution < 1.29 is 22.0 Å². The standard InChI is InChI=1S/C12H6F5PS/c13-7-8(14)10(16)12(11(17)9(7)15)18(19)6-4-2-1-3-5-6/h1-5,18H. The van der Waals surface area contributed by atoms with E-state index in [0.29, 0.717) is 5.30 Å². The molecule has 2 aromatic rings. The van der Waals surface area contributed by atoms with E-state index in [-0.39, 0.29) is 0 Å². The Morgan fingerprint density at radius 3 is 1.58 bits per heavy atom. The van der Waals surface area contributed by atoms with Gasteiger partial charge in [-0.3, -0.25) is 0 Å². The molecule has 0 aliphatic carbocycles. The summed E-state index contributed by atoms with van der Waals surface area (Å²) < 4.78 is 66.2. The Hall–Kier alpha value is -1.26. The van der Waals surface area contributed by atoms with Crippen LogP contribution < -0.4 is 10.6 Å². The fourth-order valence-corrected chi connectivity index (χ4v) is 3.89. The van der Waals surface area contributed by atoms with E-state index in [1.54, 1.807) is 18.2 Å². The molecule has 0 N–H and O–H groups in total. The van der Waals surface area contributed by atoms with E-state index in [4.69, 9.17) is 11.8 Å². The van der Waals surface area contributed by atoms with Gasteiger partial charge < -0.3 is 0 Å². The Bertz CT molecular complexity index is 628. The maximum absolute atomic E-state index is 13.6. The minimum absolute atomic E-state index is 0.380.